The zero-order valence-corrected chi connectivity index (χ0v) is 15.9. The minimum atomic E-state index is -3.52. The fraction of sp³-hybridized carbons (Fsp3) is 0.812. The van der Waals surface area contributed by atoms with Crippen molar-refractivity contribution in [3.63, 3.8) is 0 Å². The van der Waals surface area contributed by atoms with E-state index in [1.807, 2.05) is 13.8 Å². The zero-order chi connectivity index (χ0) is 18.0. The molecule has 1 amide bonds. The summed E-state index contributed by atoms with van der Waals surface area (Å²) in [7, 11) is -3.52. The Kier molecular flexibility index (Phi) is 8.95. The lowest BCUT2D eigenvalue weighted by Crippen LogP contribution is -2.35. The van der Waals surface area contributed by atoms with E-state index < -0.39 is 9.84 Å². The second-order valence-electron chi connectivity index (χ2n) is 5.92. The van der Waals surface area contributed by atoms with Gasteiger partial charge in [0.05, 0.1) is 5.75 Å². The first-order valence-electron chi connectivity index (χ1n) is 8.89. The van der Waals surface area contributed by atoms with Gasteiger partial charge in [0.1, 0.15) is 6.33 Å². The Bertz CT molecular complexity index is 598. The summed E-state index contributed by atoms with van der Waals surface area (Å²) in [6.07, 6.45) is 7.87. The Morgan fingerprint density at radius 3 is 2.38 bits per heavy atom. The SMILES string of the molecule is CCCCCCN(CC)C(=O)n1cnc(S(=O)(=O)CCCCC)n1. The lowest BCUT2D eigenvalue weighted by molar-refractivity contribution is 0.197. The predicted octanol–water partition coefficient (Wildman–Crippen LogP) is 3.11. The highest BCUT2D eigenvalue weighted by Gasteiger charge is 2.22. The normalized spacial score (nSPS) is 11.6. The fourth-order valence-corrected chi connectivity index (χ4v) is 3.57. The van der Waals surface area contributed by atoms with Gasteiger partial charge in [-0.25, -0.2) is 18.2 Å². The van der Waals surface area contributed by atoms with Crippen LogP contribution in [0.5, 0.6) is 0 Å². The highest BCUT2D eigenvalue weighted by Crippen LogP contribution is 2.09. The van der Waals surface area contributed by atoms with E-state index in [9.17, 15) is 13.2 Å². The molecule has 0 atom stereocenters. The third kappa shape index (κ3) is 6.22. The molecule has 1 rings (SSSR count). The minimum absolute atomic E-state index is 0.0214. The molecule has 7 nitrogen and oxygen atoms in total. The molecule has 0 aromatic carbocycles. The summed E-state index contributed by atoms with van der Waals surface area (Å²) in [6.45, 7) is 7.26. The molecule has 138 valence electrons. The summed E-state index contributed by atoms with van der Waals surface area (Å²) >= 11 is 0. The summed E-state index contributed by atoms with van der Waals surface area (Å²) in [6, 6.07) is -0.323. The molecule has 0 spiro atoms. The van der Waals surface area contributed by atoms with Crippen molar-refractivity contribution in [1.82, 2.24) is 19.7 Å². The maximum Gasteiger partial charge on any atom is 0.346 e. The standard InChI is InChI=1S/C16H30N4O3S/c1-4-7-9-10-12-19(6-3)16(21)20-14-17-15(18-20)24(22,23)13-11-8-5-2/h14H,4-13H2,1-3H3. The van der Waals surface area contributed by atoms with Crippen molar-refractivity contribution in [3.05, 3.63) is 6.33 Å². The molecule has 0 aliphatic rings. The largest absolute Gasteiger partial charge is 0.346 e. The quantitative estimate of drug-likeness (QED) is 0.567. The molecule has 8 heteroatoms. The fourth-order valence-electron chi connectivity index (χ4n) is 2.38. The molecule has 0 radical (unpaired) electrons. The Hall–Kier alpha value is -1.44. The second kappa shape index (κ2) is 10.4. The lowest BCUT2D eigenvalue weighted by atomic mass is 10.2. The van der Waals surface area contributed by atoms with Crippen LogP contribution in [0.1, 0.15) is 65.7 Å². The van der Waals surface area contributed by atoms with Gasteiger partial charge >= 0.3 is 6.03 Å². The van der Waals surface area contributed by atoms with Crippen molar-refractivity contribution in [2.24, 2.45) is 0 Å². The highest BCUT2D eigenvalue weighted by atomic mass is 32.2. The van der Waals surface area contributed by atoms with Gasteiger partial charge in [-0.15, -0.1) is 5.10 Å². The van der Waals surface area contributed by atoms with Gasteiger partial charge in [-0.3, -0.25) is 0 Å². The number of carbonyl (C=O) groups excluding carboxylic acids is 1. The maximum atomic E-state index is 12.4. The van der Waals surface area contributed by atoms with Crippen LogP contribution in [0.2, 0.25) is 0 Å². The third-order valence-electron chi connectivity index (χ3n) is 3.90. The second-order valence-corrected chi connectivity index (χ2v) is 7.92. The number of carbonyl (C=O) groups is 1. The Morgan fingerprint density at radius 2 is 1.75 bits per heavy atom. The zero-order valence-electron chi connectivity index (χ0n) is 15.1. The van der Waals surface area contributed by atoms with Gasteiger partial charge in [0.15, 0.2) is 0 Å². The number of sulfone groups is 1. The molecule has 0 unspecified atom stereocenters. The molecule has 0 saturated carbocycles. The van der Waals surface area contributed by atoms with E-state index in [1.54, 1.807) is 4.90 Å². The Balaban J connectivity index is 2.70. The average Bonchev–Trinajstić information content (AvgIpc) is 3.05. The number of unbranched alkanes of at least 4 members (excludes halogenated alkanes) is 5. The summed E-state index contributed by atoms with van der Waals surface area (Å²) in [4.78, 5) is 17.9. The molecule has 0 aliphatic heterocycles. The van der Waals surface area contributed by atoms with Crippen molar-refractivity contribution in [2.75, 3.05) is 18.8 Å². The predicted molar refractivity (Wildman–Crippen MR) is 93.8 cm³/mol. The van der Waals surface area contributed by atoms with Crippen LogP contribution in [-0.4, -0.2) is 53.0 Å². The van der Waals surface area contributed by atoms with Crippen molar-refractivity contribution >= 4 is 15.9 Å². The summed E-state index contributed by atoms with van der Waals surface area (Å²) in [5.41, 5.74) is 0. The third-order valence-corrected chi connectivity index (χ3v) is 5.46. The Morgan fingerprint density at radius 1 is 1.08 bits per heavy atom. The Labute approximate surface area is 145 Å². The van der Waals surface area contributed by atoms with Crippen molar-refractivity contribution in [2.45, 2.75) is 70.9 Å². The van der Waals surface area contributed by atoms with Crippen LogP contribution < -0.4 is 0 Å². The molecule has 0 fully saturated rings. The smallest absolute Gasteiger partial charge is 0.323 e. The molecule has 0 saturated heterocycles. The van der Waals surface area contributed by atoms with Crippen LogP contribution in [0.4, 0.5) is 4.79 Å². The number of hydrogen-bond acceptors (Lipinski definition) is 5. The first-order chi connectivity index (χ1) is 11.5. The molecule has 24 heavy (non-hydrogen) atoms. The van der Waals surface area contributed by atoms with Crippen molar-refractivity contribution in [3.8, 4) is 0 Å². The van der Waals surface area contributed by atoms with Crippen molar-refractivity contribution in [1.29, 1.82) is 0 Å². The highest BCUT2D eigenvalue weighted by molar-refractivity contribution is 7.91. The van der Waals surface area contributed by atoms with E-state index in [0.717, 1.165) is 43.2 Å². The van der Waals surface area contributed by atoms with Crippen LogP contribution in [0.15, 0.2) is 11.5 Å². The van der Waals surface area contributed by atoms with Gasteiger partial charge in [-0.2, -0.15) is 4.68 Å². The summed E-state index contributed by atoms with van der Waals surface area (Å²) in [5, 5.41) is 3.64. The number of amides is 1. The van der Waals surface area contributed by atoms with Crippen LogP contribution in [0.3, 0.4) is 0 Å². The maximum absolute atomic E-state index is 12.4. The van der Waals surface area contributed by atoms with E-state index in [4.69, 9.17) is 0 Å². The first-order valence-corrected chi connectivity index (χ1v) is 10.5. The topological polar surface area (TPSA) is 85.2 Å². The summed E-state index contributed by atoms with van der Waals surface area (Å²) in [5.74, 6) is 0.0214. The molecular weight excluding hydrogens is 328 g/mol. The van der Waals surface area contributed by atoms with Crippen molar-refractivity contribution < 1.29 is 13.2 Å². The van der Waals surface area contributed by atoms with Crippen LogP contribution in [-0.2, 0) is 9.84 Å². The number of hydrogen-bond donors (Lipinski definition) is 0. The van der Waals surface area contributed by atoms with Gasteiger partial charge in [-0.05, 0) is 19.8 Å². The van der Waals surface area contributed by atoms with E-state index in [1.165, 1.54) is 6.33 Å². The summed E-state index contributed by atoms with van der Waals surface area (Å²) < 4.78 is 25.4. The number of aromatic nitrogens is 3. The molecule has 1 aromatic heterocycles. The number of nitrogens with zero attached hydrogens (tertiary/aromatic N) is 4. The van der Waals surface area contributed by atoms with Gasteiger partial charge in [0, 0.05) is 13.1 Å². The van der Waals surface area contributed by atoms with Crippen LogP contribution in [0.25, 0.3) is 0 Å². The van der Waals surface area contributed by atoms with Gasteiger partial charge < -0.3 is 4.90 Å². The van der Waals surface area contributed by atoms with Gasteiger partial charge in [-0.1, -0.05) is 46.0 Å². The lowest BCUT2D eigenvalue weighted by Gasteiger charge is -2.19. The van der Waals surface area contributed by atoms with E-state index in [0.29, 0.717) is 19.5 Å². The van der Waals surface area contributed by atoms with Gasteiger partial charge in [0.25, 0.3) is 5.16 Å². The molecule has 0 N–H and O–H groups in total. The molecule has 1 heterocycles. The molecule has 0 aliphatic carbocycles. The van der Waals surface area contributed by atoms with Crippen LogP contribution >= 0.6 is 0 Å². The van der Waals surface area contributed by atoms with E-state index in [-0.39, 0.29) is 16.9 Å². The molecule has 1 aromatic rings. The first kappa shape index (κ1) is 20.6. The molecule has 0 bridgehead atoms. The monoisotopic (exact) mass is 358 g/mol. The molecular formula is C16H30N4O3S. The van der Waals surface area contributed by atoms with Crippen LogP contribution in [0, 0.1) is 0 Å². The average molecular weight is 359 g/mol. The minimum Gasteiger partial charge on any atom is -0.323 e. The van der Waals surface area contributed by atoms with E-state index >= 15 is 0 Å². The number of rotatable bonds is 11. The van der Waals surface area contributed by atoms with Gasteiger partial charge in [0.2, 0.25) is 9.84 Å². The van der Waals surface area contributed by atoms with E-state index in [2.05, 4.69) is 17.0 Å².